The number of rotatable bonds is 5. The van der Waals surface area contributed by atoms with E-state index >= 15 is 0 Å². The highest BCUT2D eigenvalue weighted by Crippen LogP contribution is 2.36. The van der Waals surface area contributed by atoms with Crippen molar-refractivity contribution in [2.75, 3.05) is 13.1 Å². The van der Waals surface area contributed by atoms with Crippen molar-refractivity contribution in [3.8, 4) is 0 Å². The van der Waals surface area contributed by atoms with Gasteiger partial charge in [0.05, 0.1) is 10.9 Å². The summed E-state index contributed by atoms with van der Waals surface area (Å²) in [4.78, 5) is 12.2. The first-order valence-corrected chi connectivity index (χ1v) is 9.99. The Morgan fingerprint density at radius 3 is 2.58 bits per heavy atom. The van der Waals surface area contributed by atoms with E-state index in [4.69, 9.17) is 0 Å². The Bertz CT molecular complexity index is 897. The number of nitrogens with one attached hydrogen (secondary N) is 1. The van der Waals surface area contributed by atoms with Gasteiger partial charge in [0.1, 0.15) is 5.82 Å². The fourth-order valence-electron chi connectivity index (χ4n) is 3.31. The van der Waals surface area contributed by atoms with Crippen LogP contribution in [0.15, 0.2) is 53.4 Å². The predicted molar refractivity (Wildman–Crippen MR) is 96.5 cm³/mol. The number of benzene rings is 2. The summed E-state index contributed by atoms with van der Waals surface area (Å²) in [5, 5.41) is 2.73. The van der Waals surface area contributed by atoms with Gasteiger partial charge in [-0.3, -0.25) is 4.79 Å². The molecule has 0 aromatic heterocycles. The Balaban J connectivity index is 2.01. The highest BCUT2D eigenvalue weighted by molar-refractivity contribution is 7.89. The van der Waals surface area contributed by atoms with E-state index in [1.165, 1.54) is 16.4 Å². The molecule has 1 aliphatic heterocycles. The van der Waals surface area contributed by atoms with Crippen molar-refractivity contribution in [3.05, 3.63) is 65.5 Å². The third-order valence-corrected chi connectivity index (χ3v) is 6.46. The van der Waals surface area contributed by atoms with Crippen LogP contribution in [0.4, 0.5) is 4.39 Å². The second-order valence-electron chi connectivity index (χ2n) is 6.19. The molecule has 0 saturated carbocycles. The van der Waals surface area contributed by atoms with Crippen molar-refractivity contribution in [1.82, 2.24) is 9.62 Å². The Labute approximate surface area is 152 Å². The van der Waals surface area contributed by atoms with Gasteiger partial charge in [-0.05, 0) is 48.7 Å². The summed E-state index contributed by atoms with van der Waals surface area (Å²) in [6.07, 6.45) is 0.619. The van der Waals surface area contributed by atoms with Crippen LogP contribution in [0, 0.1) is 5.82 Å². The molecule has 5 nitrogen and oxygen atoms in total. The first kappa shape index (κ1) is 18.5. The van der Waals surface area contributed by atoms with E-state index in [1.807, 2.05) is 31.2 Å². The van der Waals surface area contributed by atoms with Crippen molar-refractivity contribution < 1.29 is 17.6 Å². The van der Waals surface area contributed by atoms with Gasteiger partial charge >= 0.3 is 0 Å². The molecule has 7 heteroatoms. The molecule has 1 aliphatic rings. The average Bonchev–Trinajstić information content (AvgIpc) is 2.62. The van der Waals surface area contributed by atoms with Gasteiger partial charge in [0.25, 0.3) is 0 Å². The van der Waals surface area contributed by atoms with Crippen LogP contribution in [0.25, 0.3) is 0 Å². The van der Waals surface area contributed by atoms with Crippen molar-refractivity contribution in [2.24, 2.45) is 0 Å². The summed E-state index contributed by atoms with van der Waals surface area (Å²) < 4.78 is 40.8. The smallest absolute Gasteiger partial charge is 0.243 e. The summed E-state index contributed by atoms with van der Waals surface area (Å²) in [5.41, 5.74) is 1.89. The number of amides is 1. The zero-order chi connectivity index (χ0) is 18.7. The number of fused-ring (bicyclic) bond motifs is 1. The lowest BCUT2D eigenvalue weighted by molar-refractivity contribution is -0.121. The fourth-order valence-corrected chi connectivity index (χ4v) is 4.92. The van der Waals surface area contributed by atoms with Gasteiger partial charge in [0.2, 0.25) is 15.9 Å². The lowest BCUT2D eigenvalue weighted by Crippen LogP contribution is -2.42. The highest BCUT2D eigenvalue weighted by Gasteiger charge is 2.37. The molecule has 26 heavy (non-hydrogen) atoms. The molecule has 1 amide bonds. The summed E-state index contributed by atoms with van der Waals surface area (Å²) in [5.74, 6) is -0.694. The molecule has 138 valence electrons. The molecule has 1 N–H and O–H groups in total. The molecule has 0 saturated heterocycles. The van der Waals surface area contributed by atoms with Crippen LogP contribution in [-0.2, 0) is 21.2 Å². The van der Waals surface area contributed by atoms with E-state index in [9.17, 15) is 17.6 Å². The summed E-state index contributed by atoms with van der Waals surface area (Å²) in [6.45, 7) is 2.58. The van der Waals surface area contributed by atoms with Crippen molar-refractivity contribution in [2.45, 2.75) is 30.7 Å². The number of sulfonamides is 1. The van der Waals surface area contributed by atoms with Crippen LogP contribution >= 0.6 is 0 Å². The molecule has 0 spiro atoms. The summed E-state index contributed by atoms with van der Waals surface area (Å²) >= 11 is 0. The van der Waals surface area contributed by atoms with Gasteiger partial charge in [-0.1, -0.05) is 24.3 Å². The SMILES string of the molecule is CCNC(=O)C[C@H]1c2ccccc2CCN1S(=O)(=O)c1ccc(F)cc1. The first-order valence-electron chi connectivity index (χ1n) is 8.55. The van der Waals surface area contributed by atoms with E-state index < -0.39 is 21.9 Å². The predicted octanol–water partition coefficient (Wildman–Crippen LogP) is 2.64. The van der Waals surface area contributed by atoms with E-state index in [0.29, 0.717) is 13.0 Å². The number of carbonyl (C=O) groups is 1. The Morgan fingerprint density at radius 1 is 1.19 bits per heavy atom. The van der Waals surface area contributed by atoms with Crippen LogP contribution in [0.2, 0.25) is 0 Å². The van der Waals surface area contributed by atoms with Gasteiger partial charge in [0.15, 0.2) is 0 Å². The first-order chi connectivity index (χ1) is 12.4. The fraction of sp³-hybridized carbons (Fsp3) is 0.316. The number of hydrogen-bond acceptors (Lipinski definition) is 3. The molecule has 1 atom stereocenters. The van der Waals surface area contributed by atoms with Crippen molar-refractivity contribution in [1.29, 1.82) is 0 Å². The molecule has 2 aromatic rings. The summed E-state index contributed by atoms with van der Waals surface area (Å²) in [6, 6.07) is 11.8. The third-order valence-electron chi connectivity index (χ3n) is 4.54. The van der Waals surface area contributed by atoms with Crippen LogP contribution in [0.5, 0.6) is 0 Å². The molecule has 0 bridgehead atoms. The lowest BCUT2D eigenvalue weighted by Gasteiger charge is -2.36. The van der Waals surface area contributed by atoms with E-state index in [2.05, 4.69) is 5.32 Å². The highest BCUT2D eigenvalue weighted by atomic mass is 32.2. The Morgan fingerprint density at radius 2 is 1.88 bits per heavy atom. The van der Waals surface area contributed by atoms with Crippen molar-refractivity contribution in [3.63, 3.8) is 0 Å². The molecule has 1 heterocycles. The molecule has 0 fully saturated rings. The Hall–Kier alpha value is -2.25. The molecular formula is C19H21FN2O3S. The van der Waals surface area contributed by atoms with Gasteiger partial charge in [0, 0.05) is 19.5 Å². The van der Waals surface area contributed by atoms with Crippen LogP contribution < -0.4 is 5.32 Å². The van der Waals surface area contributed by atoms with E-state index in [0.717, 1.165) is 23.3 Å². The normalized spacial score (nSPS) is 17.5. The summed E-state index contributed by atoms with van der Waals surface area (Å²) in [7, 11) is -3.84. The minimum atomic E-state index is -3.84. The maximum Gasteiger partial charge on any atom is 0.243 e. The largest absolute Gasteiger partial charge is 0.356 e. The average molecular weight is 376 g/mol. The van der Waals surface area contributed by atoms with Gasteiger partial charge in [-0.15, -0.1) is 0 Å². The van der Waals surface area contributed by atoms with E-state index in [1.54, 1.807) is 0 Å². The van der Waals surface area contributed by atoms with E-state index in [-0.39, 0.29) is 23.8 Å². The lowest BCUT2D eigenvalue weighted by atomic mass is 9.92. The number of carbonyl (C=O) groups excluding carboxylic acids is 1. The van der Waals surface area contributed by atoms with Crippen LogP contribution in [-0.4, -0.2) is 31.7 Å². The standard InChI is InChI=1S/C19H21FN2O3S/c1-2-21-19(23)13-18-17-6-4-3-5-14(17)11-12-22(18)26(24,25)16-9-7-15(20)8-10-16/h3-10,18H,2,11-13H2,1H3,(H,21,23)/t18-/m0/s1. The van der Waals surface area contributed by atoms with Crippen LogP contribution in [0.3, 0.4) is 0 Å². The monoisotopic (exact) mass is 376 g/mol. The molecular weight excluding hydrogens is 355 g/mol. The zero-order valence-electron chi connectivity index (χ0n) is 14.5. The molecule has 2 aromatic carbocycles. The topological polar surface area (TPSA) is 66.5 Å². The molecule has 3 rings (SSSR count). The molecule has 0 aliphatic carbocycles. The number of nitrogens with zero attached hydrogens (tertiary/aromatic N) is 1. The minimum Gasteiger partial charge on any atom is -0.356 e. The van der Waals surface area contributed by atoms with Gasteiger partial charge in [-0.2, -0.15) is 4.31 Å². The van der Waals surface area contributed by atoms with Gasteiger partial charge in [-0.25, -0.2) is 12.8 Å². The number of halogens is 1. The van der Waals surface area contributed by atoms with Crippen LogP contribution in [0.1, 0.15) is 30.5 Å². The van der Waals surface area contributed by atoms with Crippen molar-refractivity contribution >= 4 is 15.9 Å². The zero-order valence-corrected chi connectivity index (χ0v) is 15.3. The molecule has 0 unspecified atom stereocenters. The maximum absolute atomic E-state index is 13.2. The third kappa shape index (κ3) is 3.64. The second-order valence-corrected chi connectivity index (χ2v) is 8.08. The molecule has 0 radical (unpaired) electrons. The minimum absolute atomic E-state index is 0.0270. The number of hydrogen-bond donors (Lipinski definition) is 1. The second kappa shape index (κ2) is 7.55. The quantitative estimate of drug-likeness (QED) is 0.872. The van der Waals surface area contributed by atoms with Gasteiger partial charge < -0.3 is 5.32 Å². The Kier molecular flexibility index (Phi) is 5.38. The maximum atomic E-state index is 13.2.